The van der Waals surface area contributed by atoms with Gasteiger partial charge in [-0.3, -0.25) is 4.90 Å². The van der Waals surface area contributed by atoms with Crippen molar-refractivity contribution in [2.24, 2.45) is 0 Å². The van der Waals surface area contributed by atoms with Crippen LogP contribution in [0.1, 0.15) is 28.3 Å². The molecule has 4 nitrogen and oxygen atoms in total. The molecule has 0 radical (unpaired) electrons. The lowest BCUT2D eigenvalue weighted by atomic mass is 10.1. The second kappa shape index (κ2) is 5.98. The van der Waals surface area contributed by atoms with Crippen molar-refractivity contribution in [3.8, 4) is 0 Å². The summed E-state index contributed by atoms with van der Waals surface area (Å²) < 4.78 is 1.26. The molecule has 3 heterocycles. The molecule has 0 amide bonds. The van der Waals surface area contributed by atoms with Crippen molar-refractivity contribution in [3.05, 3.63) is 52.0 Å². The van der Waals surface area contributed by atoms with Crippen molar-refractivity contribution in [1.82, 2.24) is 19.9 Å². The molecule has 1 aliphatic rings. The first-order valence-electron chi connectivity index (χ1n) is 8.06. The molecule has 0 fully saturated rings. The first kappa shape index (κ1) is 14.7. The Morgan fingerprint density at radius 1 is 1.13 bits per heavy atom. The highest BCUT2D eigenvalue weighted by Gasteiger charge is 2.18. The largest absolute Gasteiger partial charge is 0.298 e. The highest BCUT2D eigenvalue weighted by molar-refractivity contribution is 7.16. The van der Waals surface area contributed by atoms with Crippen LogP contribution in [0.5, 0.6) is 0 Å². The van der Waals surface area contributed by atoms with Gasteiger partial charge in [0.25, 0.3) is 0 Å². The average molecular weight is 324 g/mol. The Bertz CT molecular complexity index is 855. The Balaban J connectivity index is 1.52. The van der Waals surface area contributed by atoms with E-state index in [0.717, 1.165) is 49.5 Å². The average Bonchev–Trinajstić information content (AvgIpc) is 2.89. The monoisotopic (exact) mass is 324 g/mol. The van der Waals surface area contributed by atoms with Crippen LogP contribution in [-0.4, -0.2) is 32.9 Å². The van der Waals surface area contributed by atoms with Gasteiger partial charge < -0.3 is 0 Å². The molecule has 0 saturated carbocycles. The maximum absolute atomic E-state index is 4.66. The van der Waals surface area contributed by atoms with Gasteiger partial charge in [-0.1, -0.05) is 6.07 Å². The molecule has 0 saturated heterocycles. The standard InChI is InChI=1S/C18H20N4S/c1-12-15-5-7-22(8-6-16(15)21-13(2)20-12)10-14-3-4-18-17(9-14)19-11-23-18/h3-4,9,11H,5-8,10H2,1-2H3. The summed E-state index contributed by atoms with van der Waals surface area (Å²) in [6.07, 6.45) is 2.05. The van der Waals surface area contributed by atoms with Gasteiger partial charge in [-0.15, -0.1) is 11.3 Å². The van der Waals surface area contributed by atoms with Gasteiger partial charge in [-0.05, 0) is 43.5 Å². The molecule has 4 rings (SSSR count). The topological polar surface area (TPSA) is 41.9 Å². The van der Waals surface area contributed by atoms with Crippen LogP contribution in [0, 0.1) is 13.8 Å². The smallest absolute Gasteiger partial charge is 0.125 e. The second-order valence-electron chi connectivity index (χ2n) is 6.21. The first-order chi connectivity index (χ1) is 11.2. The van der Waals surface area contributed by atoms with Crippen molar-refractivity contribution in [1.29, 1.82) is 0 Å². The highest BCUT2D eigenvalue weighted by atomic mass is 32.1. The van der Waals surface area contributed by atoms with E-state index in [9.17, 15) is 0 Å². The fraction of sp³-hybridized carbons (Fsp3) is 0.389. The number of hydrogen-bond donors (Lipinski definition) is 0. The van der Waals surface area contributed by atoms with Crippen LogP contribution in [0.4, 0.5) is 0 Å². The summed E-state index contributed by atoms with van der Waals surface area (Å²) in [6, 6.07) is 6.64. The van der Waals surface area contributed by atoms with Crippen molar-refractivity contribution < 1.29 is 0 Å². The van der Waals surface area contributed by atoms with E-state index >= 15 is 0 Å². The van der Waals surface area contributed by atoms with Crippen molar-refractivity contribution in [2.45, 2.75) is 33.2 Å². The number of aryl methyl sites for hydroxylation is 2. The van der Waals surface area contributed by atoms with Gasteiger partial charge in [0.2, 0.25) is 0 Å². The summed E-state index contributed by atoms with van der Waals surface area (Å²) in [4.78, 5) is 16.1. The lowest BCUT2D eigenvalue weighted by Crippen LogP contribution is -2.25. The molecular formula is C18H20N4S. The normalized spacial score (nSPS) is 15.6. The quantitative estimate of drug-likeness (QED) is 0.725. The zero-order chi connectivity index (χ0) is 15.8. The van der Waals surface area contributed by atoms with Crippen LogP contribution in [-0.2, 0) is 19.4 Å². The second-order valence-corrected chi connectivity index (χ2v) is 7.10. The Morgan fingerprint density at radius 3 is 2.91 bits per heavy atom. The highest BCUT2D eigenvalue weighted by Crippen LogP contribution is 2.21. The molecule has 0 N–H and O–H groups in total. The van der Waals surface area contributed by atoms with Crippen LogP contribution >= 0.6 is 11.3 Å². The molecule has 3 aromatic rings. The molecule has 0 aliphatic carbocycles. The van der Waals surface area contributed by atoms with Crippen LogP contribution < -0.4 is 0 Å². The van der Waals surface area contributed by atoms with Crippen LogP contribution in [0.2, 0.25) is 0 Å². The van der Waals surface area contributed by atoms with E-state index in [1.165, 1.54) is 21.5 Å². The van der Waals surface area contributed by atoms with E-state index in [4.69, 9.17) is 0 Å². The lowest BCUT2D eigenvalue weighted by molar-refractivity contribution is 0.279. The Morgan fingerprint density at radius 2 is 2.00 bits per heavy atom. The fourth-order valence-electron chi connectivity index (χ4n) is 3.40. The van der Waals surface area contributed by atoms with Gasteiger partial charge >= 0.3 is 0 Å². The van der Waals surface area contributed by atoms with Gasteiger partial charge in [-0.25, -0.2) is 15.0 Å². The molecule has 2 aromatic heterocycles. The molecular weight excluding hydrogens is 304 g/mol. The third-order valence-electron chi connectivity index (χ3n) is 4.56. The Kier molecular flexibility index (Phi) is 3.83. The van der Waals surface area contributed by atoms with Crippen LogP contribution in [0.15, 0.2) is 23.7 Å². The third kappa shape index (κ3) is 2.99. The molecule has 0 spiro atoms. The minimum atomic E-state index is 0.892. The summed E-state index contributed by atoms with van der Waals surface area (Å²) in [5, 5.41) is 0. The number of nitrogens with zero attached hydrogens (tertiary/aromatic N) is 4. The van der Waals surface area contributed by atoms with Crippen LogP contribution in [0.3, 0.4) is 0 Å². The van der Waals surface area contributed by atoms with Gasteiger partial charge in [0, 0.05) is 37.4 Å². The van der Waals surface area contributed by atoms with E-state index in [2.05, 4.69) is 45.0 Å². The van der Waals surface area contributed by atoms with Gasteiger partial charge in [-0.2, -0.15) is 0 Å². The molecule has 0 atom stereocenters. The Hall–Kier alpha value is -1.85. The van der Waals surface area contributed by atoms with Crippen molar-refractivity contribution >= 4 is 21.6 Å². The maximum atomic E-state index is 4.66. The van der Waals surface area contributed by atoms with E-state index < -0.39 is 0 Å². The van der Waals surface area contributed by atoms with E-state index in [0.29, 0.717) is 0 Å². The molecule has 0 bridgehead atoms. The predicted molar refractivity (Wildman–Crippen MR) is 93.8 cm³/mol. The minimum Gasteiger partial charge on any atom is -0.298 e. The number of fused-ring (bicyclic) bond motifs is 2. The summed E-state index contributed by atoms with van der Waals surface area (Å²) in [5.74, 6) is 0.892. The number of hydrogen-bond acceptors (Lipinski definition) is 5. The number of rotatable bonds is 2. The predicted octanol–water partition coefficient (Wildman–Crippen LogP) is 3.30. The number of benzene rings is 1. The van der Waals surface area contributed by atoms with E-state index in [-0.39, 0.29) is 0 Å². The van der Waals surface area contributed by atoms with Crippen molar-refractivity contribution in [3.63, 3.8) is 0 Å². The van der Waals surface area contributed by atoms with E-state index in [1.54, 1.807) is 11.3 Å². The zero-order valence-electron chi connectivity index (χ0n) is 13.5. The zero-order valence-corrected chi connectivity index (χ0v) is 14.4. The van der Waals surface area contributed by atoms with Gasteiger partial charge in [0.15, 0.2) is 0 Å². The summed E-state index contributed by atoms with van der Waals surface area (Å²) >= 11 is 1.70. The molecule has 23 heavy (non-hydrogen) atoms. The molecule has 1 aliphatic heterocycles. The van der Waals surface area contributed by atoms with Gasteiger partial charge in [0.1, 0.15) is 5.82 Å². The Labute approximate surface area is 140 Å². The third-order valence-corrected chi connectivity index (χ3v) is 5.37. The van der Waals surface area contributed by atoms with Gasteiger partial charge in [0.05, 0.1) is 15.7 Å². The molecule has 118 valence electrons. The minimum absolute atomic E-state index is 0.892. The first-order valence-corrected chi connectivity index (χ1v) is 8.94. The summed E-state index contributed by atoms with van der Waals surface area (Å²) in [7, 11) is 0. The number of aromatic nitrogens is 3. The summed E-state index contributed by atoms with van der Waals surface area (Å²) in [5.41, 5.74) is 8.12. The summed E-state index contributed by atoms with van der Waals surface area (Å²) in [6.45, 7) is 7.19. The molecule has 1 aromatic carbocycles. The van der Waals surface area contributed by atoms with E-state index in [1.807, 2.05) is 12.4 Å². The molecule has 0 unspecified atom stereocenters. The fourth-order valence-corrected chi connectivity index (χ4v) is 4.06. The van der Waals surface area contributed by atoms with Crippen LogP contribution in [0.25, 0.3) is 10.2 Å². The number of thiazole rings is 1. The van der Waals surface area contributed by atoms with Crippen molar-refractivity contribution in [2.75, 3.05) is 13.1 Å². The molecule has 5 heteroatoms. The lowest BCUT2D eigenvalue weighted by Gasteiger charge is -2.19. The maximum Gasteiger partial charge on any atom is 0.125 e. The SMILES string of the molecule is Cc1nc(C)c2c(n1)CCN(Cc1ccc3scnc3c1)CC2.